The molecule has 18 heavy (non-hydrogen) atoms. The van der Waals surface area contributed by atoms with Gasteiger partial charge in [0.25, 0.3) is 0 Å². The third-order valence-corrected chi connectivity index (χ3v) is 3.24. The summed E-state index contributed by atoms with van der Waals surface area (Å²) >= 11 is 0. The highest BCUT2D eigenvalue weighted by Gasteiger charge is 2.32. The van der Waals surface area contributed by atoms with E-state index in [1.54, 1.807) is 18.2 Å². The topological polar surface area (TPSA) is 75.8 Å². The summed E-state index contributed by atoms with van der Waals surface area (Å²) in [7, 11) is 1.34. The molecule has 1 aliphatic rings. The number of carbonyl (C=O) groups is 1. The molecule has 0 aliphatic carbocycles. The predicted molar refractivity (Wildman–Crippen MR) is 69.6 cm³/mol. The molecule has 5 nitrogen and oxygen atoms in total. The van der Waals surface area contributed by atoms with E-state index >= 15 is 0 Å². The summed E-state index contributed by atoms with van der Waals surface area (Å²) in [5.41, 5.74) is 7.08. The van der Waals surface area contributed by atoms with Crippen molar-refractivity contribution in [2.75, 3.05) is 30.8 Å². The summed E-state index contributed by atoms with van der Waals surface area (Å²) in [5, 5.41) is 9.94. The zero-order chi connectivity index (χ0) is 13.3. The number of carbonyl (C=O) groups excluding carboxylic acids is 1. The Labute approximate surface area is 106 Å². The minimum Gasteiger partial charge on any atom is -0.465 e. The van der Waals surface area contributed by atoms with E-state index in [-0.39, 0.29) is 0 Å². The average Bonchev–Trinajstić information content (AvgIpc) is 2.68. The molecule has 0 bridgehead atoms. The number of nitrogens with two attached hydrogens (primary N) is 1. The molecular formula is C13H18N2O3. The molecule has 3 N–H and O–H groups in total. The molecule has 1 atom stereocenters. The maximum atomic E-state index is 11.4. The summed E-state index contributed by atoms with van der Waals surface area (Å²) in [5.74, 6) is -0.401. The molecule has 0 saturated carbocycles. The van der Waals surface area contributed by atoms with Crippen molar-refractivity contribution in [3.05, 3.63) is 23.8 Å². The molecule has 1 aliphatic heterocycles. The van der Waals surface area contributed by atoms with Crippen LogP contribution in [0.15, 0.2) is 18.2 Å². The van der Waals surface area contributed by atoms with Crippen molar-refractivity contribution in [3.8, 4) is 0 Å². The Kier molecular flexibility index (Phi) is 3.17. The number of anilines is 2. The van der Waals surface area contributed by atoms with E-state index in [0.29, 0.717) is 24.2 Å². The van der Waals surface area contributed by atoms with Gasteiger partial charge in [0.15, 0.2) is 0 Å². The molecule has 2 rings (SSSR count). The molecule has 1 unspecified atom stereocenters. The number of nitrogen functional groups attached to an aromatic ring is 1. The number of esters is 1. The molecule has 0 amide bonds. The average molecular weight is 250 g/mol. The first-order valence-electron chi connectivity index (χ1n) is 5.88. The first kappa shape index (κ1) is 12.7. The number of hydrogen-bond acceptors (Lipinski definition) is 5. The molecule has 1 heterocycles. The predicted octanol–water partition coefficient (Wildman–Crippen LogP) is 1.02. The molecule has 1 aromatic rings. The first-order chi connectivity index (χ1) is 8.43. The summed E-state index contributed by atoms with van der Waals surface area (Å²) in [6.07, 6.45) is 0.713. The lowest BCUT2D eigenvalue weighted by Gasteiger charge is -2.22. The van der Waals surface area contributed by atoms with Gasteiger partial charge in [0, 0.05) is 13.1 Å². The number of benzene rings is 1. The summed E-state index contributed by atoms with van der Waals surface area (Å²) < 4.78 is 4.64. The van der Waals surface area contributed by atoms with E-state index in [1.165, 1.54) is 7.11 Å². The van der Waals surface area contributed by atoms with Gasteiger partial charge in [-0.3, -0.25) is 0 Å². The monoisotopic (exact) mass is 250 g/mol. The Bertz CT molecular complexity index is 471. The van der Waals surface area contributed by atoms with Gasteiger partial charge in [-0.1, -0.05) is 0 Å². The van der Waals surface area contributed by atoms with Gasteiger partial charge in [0.1, 0.15) is 0 Å². The molecular weight excluding hydrogens is 232 g/mol. The Morgan fingerprint density at radius 2 is 2.28 bits per heavy atom. The van der Waals surface area contributed by atoms with Gasteiger partial charge in [-0.2, -0.15) is 0 Å². The third-order valence-electron chi connectivity index (χ3n) is 3.24. The lowest BCUT2D eigenvalue weighted by molar-refractivity contribution is 0.0600. The normalized spacial score (nSPS) is 23.2. The van der Waals surface area contributed by atoms with E-state index in [0.717, 1.165) is 12.2 Å². The van der Waals surface area contributed by atoms with Gasteiger partial charge in [0.2, 0.25) is 0 Å². The van der Waals surface area contributed by atoms with Crippen LogP contribution in [0.1, 0.15) is 23.7 Å². The van der Waals surface area contributed by atoms with Gasteiger partial charge in [-0.25, -0.2) is 4.79 Å². The van der Waals surface area contributed by atoms with Gasteiger partial charge >= 0.3 is 5.97 Å². The Morgan fingerprint density at radius 1 is 1.56 bits per heavy atom. The maximum Gasteiger partial charge on any atom is 0.337 e. The van der Waals surface area contributed by atoms with Crippen molar-refractivity contribution in [1.29, 1.82) is 0 Å². The number of β-amino-alcohol motifs (C(OH)–C–C–N with tert-alkyl or cyclic N) is 1. The van der Waals surface area contributed by atoms with Crippen LogP contribution < -0.4 is 10.6 Å². The fourth-order valence-electron chi connectivity index (χ4n) is 2.24. The van der Waals surface area contributed by atoms with Crippen LogP contribution in [0.5, 0.6) is 0 Å². The summed E-state index contributed by atoms with van der Waals surface area (Å²) in [6, 6.07) is 5.09. The number of aliphatic hydroxyl groups is 1. The van der Waals surface area contributed by atoms with Crippen molar-refractivity contribution in [2.24, 2.45) is 0 Å². The van der Waals surface area contributed by atoms with Crippen molar-refractivity contribution >= 4 is 17.3 Å². The van der Waals surface area contributed by atoms with Crippen LogP contribution in [0, 0.1) is 0 Å². The highest BCUT2D eigenvalue weighted by atomic mass is 16.5. The van der Waals surface area contributed by atoms with Gasteiger partial charge < -0.3 is 20.5 Å². The molecule has 0 radical (unpaired) electrons. The fraction of sp³-hybridized carbons (Fsp3) is 0.462. The highest BCUT2D eigenvalue weighted by molar-refractivity contribution is 5.92. The molecule has 1 aromatic carbocycles. The van der Waals surface area contributed by atoms with Crippen molar-refractivity contribution < 1.29 is 14.6 Å². The number of nitrogens with zero attached hydrogens (tertiary/aromatic N) is 1. The standard InChI is InChI=1S/C13H18N2O3/c1-13(17)5-6-15(8-13)11-4-3-9(7-10(11)14)12(16)18-2/h3-4,7,17H,5-6,8,14H2,1-2H3. The quantitative estimate of drug-likeness (QED) is 0.605. The van der Waals surface area contributed by atoms with Crippen molar-refractivity contribution in [1.82, 2.24) is 0 Å². The van der Waals surface area contributed by atoms with Gasteiger partial charge in [-0.15, -0.1) is 0 Å². The largest absolute Gasteiger partial charge is 0.465 e. The lowest BCUT2D eigenvalue weighted by Crippen LogP contribution is -2.30. The molecule has 98 valence electrons. The Morgan fingerprint density at radius 3 is 2.78 bits per heavy atom. The second-order valence-electron chi connectivity index (χ2n) is 4.93. The van der Waals surface area contributed by atoms with E-state index < -0.39 is 11.6 Å². The van der Waals surface area contributed by atoms with Crippen LogP contribution in [0.4, 0.5) is 11.4 Å². The van der Waals surface area contributed by atoms with Crippen LogP contribution in [-0.2, 0) is 4.74 Å². The maximum absolute atomic E-state index is 11.4. The van der Waals surface area contributed by atoms with Gasteiger partial charge in [0.05, 0.1) is 29.6 Å². The minimum atomic E-state index is -0.673. The Balaban J connectivity index is 2.23. The highest BCUT2D eigenvalue weighted by Crippen LogP contribution is 2.31. The van der Waals surface area contributed by atoms with Crippen LogP contribution in [0.3, 0.4) is 0 Å². The number of ether oxygens (including phenoxy) is 1. The van der Waals surface area contributed by atoms with Crippen molar-refractivity contribution in [2.45, 2.75) is 18.9 Å². The fourth-order valence-corrected chi connectivity index (χ4v) is 2.24. The second kappa shape index (κ2) is 4.49. The van der Waals surface area contributed by atoms with E-state index in [2.05, 4.69) is 4.74 Å². The van der Waals surface area contributed by atoms with Gasteiger partial charge in [-0.05, 0) is 31.5 Å². The number of hydrogen-bond donors (Lipinski definition) is 2. The summed E-state index contributed by atoms with van der Waals surface area (Å²) in [6.45, 7) is 3.12. The molecule has 1 saturated heterocycles. The zero-order valence-electron chi connectivity index (χ0n) is 10.6. The number of rotatable bonds is 2. The molecule has 5 heteroatoms. The second-order valence-corrected chi connectivity index (χ2v) is 4.93. The molecule has 0 aromatic heterocycles. The Hall–Kier alpha value is -1.75. The van der Waals surface area contributed by atoms with Crippen LogP contribution in [0.25, 0.3) is 0 Å². The molecule has 1 fully saturated rings. The van der Waals surface area contributed by atoms with E-state index in [1.807, 2.05) is 11.8 Å². The smallest absolute Gasteiger partial charge is 0.337 e. The number of methoxy groups -OCH3 is 1. The van der Waals surface area contributed by atoms with Crippen LogP contribution >= 0.6 is 0 Å². The van der Waals surface area contributed by atoms with Crippen LogP contribution in [-0.4, -0.2) is 36.9 Å². The van der Waals surface area contributed by atoms with Crippen molar-refractivity contribution in [3.63, 3.8) is 0 Å². The lowest BCUT2D eigenvalue weighted by atomic mass is 10.1. The first-order valence-corrected chi connectivity index (χ1v) is 5.88. The minimum absolute atomic E-state index is 0.401. The SMILES string of the molecule is COC(=O)c1ccc(N2CCC(C)(O)C2)c(N)c1. The van der Waals surface area contributed by atoms with E-state index in [9.17, 15) is 9.90 Å². The third kappa shape index (κ3) is 2.41. The van der Waals surface area contributed by atoms with Crippen LogP contribution in [0.2, 0.25) is 0 Å². The summed E-state index contributed by atoms with van der Waals surface area (Å²) in [4.78, 5) is 13.4. The van der Waals surface area contributed by atoms with E-state index in [4.69, 9.17) is 5.73 Å². The zero-order valence-corrected chi connectivity index (χ0v) is 10.6. The molecule has 0 spiro atoms.